The molecule has 0 spiro atoms. The first-order chi connectivity index (χ1) is 14.5. The fraction of sp³-hybridized carbons (Fsp3) is 0.143. The van der Waals surface area contributed by atoms with E-state index in [9.17, 15) is 26.3 Å². The molecule has 0 radical (unpaired) electrons. The highest BCUT2D eigenvalue weighted by molar-refractivity contribution is 7.17. The summed E-state index contributed by atoms with van der Waals surface area (Å²) in [7, 11) is 0. The number of halogens is 6. The van der Waals surface area contributed by atoms with Crippen LogP contribution in [0.4, 0.5) is 37.8 Å². The van der Waals surface area contributed by atoms with E-state index in [1.807, 2.05) is 36.6 Å². The Morgan fingerprint density at radius 1 is 0.839 bits per heavy atom. The number of aryl methyl sites for hydroxylation is 1. The van der Waals surface area contributed by atoms with Gasteiger partial charge < -0.3 is 5.32 Å². The Morgan fingerprint density at radius 3 is 2.03 bits per heavy atom. The van der Waals surface area contributed by atoms with Gasteiger partial charge in [0.15, 0.2) is 0 Å². The second kappa shape index (κ2) is 7.52. The molecule has 0 saturated heterocycles. The Morgan fingerprint density at radius 2 is 1.45 bits per heavy atom. The maximum absolute atomic E-state index is 13.2. The molecule has 4 aromatic rings. The predicted molar refractivity (Wildman–Crippen MR) is 107 cm³/mol. The fourth-order valence-electron chi connectivity index (χ4n) is 3.08. The van der Waals surface area contributed by atoms with Gasteiger partial charge in [0.05, 0.1) is 16.5 Å². The van der Waals surface area contributed by atoms with Crippen LogP contribution in [-0.2, 0) is 12.4 Å². The molecular weight excluding hydrogens is 440 g/mol. The number of hydrogen-bond donors (Lipinski definition) is 1. The van der Waals surface area contributed by atoms with Crippen LogP contribution in [0.3, 0.4) is 0 Å². The van der Waals surface area contributed by atoms with E-state index in [0.717, 1.165) is 16.7 Å². The molecule has 0 unspecified atom stereocenters. The highest BCUT2D eigenvalue weighted by atomic mass is 32.1. The molecule has 0 atom stereocenters. The van der Waals surface area contributed by atoms with Crippen molar-refractivity contribution < 1.29 is 26.3 Å². The number of anilines is 2. The van der Waals surface area contributed by atoms with Gasteiger partial charge in [0.25, 0.3) is 0 Å². The number of fused-ring (bicyclic) bond motifs is 1. The zero-order valence-corrected chi connectivity index (χ0v) is 16.6. The first kappa shape index (κ1) is 21.1. The van der Waals surface area contributed by atoms with E-state index in [-0.39, 0.29) is 17.6 Å². The monoisotopic (exact) mass is 453 g/mol. The summed E-state index contributed by atoms with van der Waals surface area (Å²) in [6.07, 6.45) is -8.67. The van der Waals surface area contributed by atoms with Crippen molar-refractivity contribution in [3.8, 4) is 11.1 Å². The molecule has 4 rings (SSSR count). The van der Waals surface area contributed by atoms with Crippen LogP contribution < -0.4 is 5.32 Å². The molecule has 31 heavy (non-hydrogen) atoms. The van der Waals surface area contributed by atoms with Crippen LogP contribution in [0, 0.1) is 6.92 Å². The minimum Gasteiger partial charge on any atom is -0.340 e. The van der Waals surface area contributed by atoms with Crippen molar-refractivity contribution in [2.75, 3.05) is 5.32 Å². The van der Waals surface area contributed by atoms with E-state index in [4.69, 9.17) is 0 Å². The van der Waals surface area contributed by atoms with E-state index in [0.29, 0.717) is 22.3 Å². The highest BCUT2D eigenvalue weighted by Gasteiger charge is 2.37. The van der Waals surface area contributed by atoms with Gasteiger partial charge in [-0.25, -0.2) is 9.97 Å². The van der Waals surface area contributed by atoms with Crippen LogP contribution >= 0.6 is 11.3 Å². The van der Waals surface area contributed by atoms with Crippen molar-refractivity contribution >= 4 is 33.1 Å². The third kappa shape index (κ3) is 4.34. The number of nitrogens with one attached hydrogen (secondary N) is 1. The minimum absolute atomic E-state index is 0.0864. The van der Waals surface area contributed by atoms with Gasteiger partial charge in [0, 0.05) is 16.6 Å². The number of alkyl halides is 6. The summed E-state index contributed by atoms with van der Waals surface area (Å²) in [5, 5.41) is 4.97. The summed E-state index contributed by atoms with van der Waals surface area (Å²) < 4.78 is 79.1. The topological polar surface area (TPSA) is 37.8 Å². The van der Waals surface area contributed by atoms with E-state index in [2.05, 4.69) is 15.3 Å². The van der Waals surface area contributed by atoms with Crippen molar-refractivity contribution in [1.29, 1.82) is 0 Å². The highest BCUT2D eigenvalue weighted by Crippen LogP contribution is 2.40. The van der Waals surface area contributed by atoms with Crippen molar-refractivity contribution in [1.82, 2.24) is 9.97 Å². The third-order valence-electron chi connectivity index (χ3n) is 4.58. The number of rotatable bonds is 3. The molecule has 0 aliphatic carbocycles. The normalized spacial score (nSPS) is 12.4. The molecule has 160 valence electrons. The van der Waals surface area contributed by atoms with Crippen LogP contribution in [0.25, 0.3) is 21.3 Å². The molecule has 2 heterocycles. The lowest BCUT2D eigenvalue weighted by molar-refractivity contribution is -0.143. The molecule has 0 aliphatic rings. The van der Waals surface area contributed by atoms with Gasteiger partial charge >= 0.3 is 12.4 Å². The second-order valence-corrected chi connectivity index (χ2v) is 7.70. The van der Waals surface area contributed by atoms with E-state index in [1.54, 1.807) is 0 Å². The molecule has 2 aromatic carbocycles. The number of benzene rings is 2. The van der Waals surface area contributed by atoms with Crippen LogP contribution in [0.1, 0.15) is 16.7 Å². The molecule has 3 nitrogen and oxygen atoms in total. The van der Waals surface area contributed by atoms with Gasteiger partial charge in [0.1, 0.15) is 17.0 Å². The molecule has 0 aliphatic heterocycles. The second-order valence-electron chi connectivity index (χ2n) is 6.84. The van der Waals surface area contributed by atoms with Gasteiger partial charge in [-0.2, -0.15) is 26.3 Å². The van der Waals surface area contributed by atoms with E-state index >= 15 is 0 Å². The van der Waals surface area contributed by atoms with Crippen LogP contribution in [0.15, 0.2) is 54.2 Å². The summed E-state index contributed by atoms with van der Waals surface area (Å²) in [4.78, 5) is 8.80. The summed E-state index contributed by atoms with van der Waals surface area (Å²) in [5.74, 6) is 0.120. The lowest BCUT2D eigenvalue weighted by Gasteiger charge is -2.15. The number of hydrogen-bond acceptors (Lipinski definition) is 4. The zero-order valence-electron chi connectivity index (χ0n) is 15.8. The Balaban J connectivity index is 1.84. The fourth-order valence-corrected chi connectivity index (χ4v) is 4.00. The molecule has 2 aromatic heterocycles. The lowest BCUT2D eigenvalue weighted by Crippen LogP contribution is -2.11. The Bertz CT molecular complexity index is 1210. The maximum atomic E-state index is 13.2. The molecule has 1 N–H and O–H groups in total. The summed E-state index contributed by atoms with van der Waals surface area (Å²) in [5.41, 5.74) is -0.580. The molecule has 0 bridgehead atoms. The van der Waals surface area contributed by atoms with Gasteiger partial charge in [-0.1, -0.05) is 29.8 Å². The third-order valence-corrected chi connectivity index (χ3v) is 5.47. The van der Waals surface area contributed by atoms with Crippen molar-refractivity contribution in [3.63, 3.8) is 0 Å². The average molecular weight is 453 g/mol. The van der Waals surface area contributed by atoms with Crippen molar-refractivity contribution in [3.05, 3.63) is 70.9 Å². The lowest BCUT2D eigenvalue weighted by atomic mass is 10.0. The minimum atomic E-state index is -4.94. The largest absolute Gasteiger partial charge is 0.416 e. The van der Waals surface area contributed by atoms with Crippen LogP contribution in [0.5, 0.6) is 0 Å². The Labute approximate surface area is 176 Å². The molecule has 0 saturated carbocycles. The number of thiophene rings is 1. The smallest absolute Gasteiger partial charge is 0.340 e. The summed E-state index contributed by atoms with van der Waals surface area (Å²) in [6.45, 7) is 1.93. The van der Waals surface area contributed by atoms with Crippen LogP contribution in [-0.4, -0.2) is 9.97 Å². The van der Waals surface area contributed by atoms with Gasteiger partial charge in [-0.3, -0.25) is 0 Å². The number of nitrogens with zero attached hydrogens (tertiary/aromatic N) is 2. The summed E-state index contributed by atoms with van der Waals surface area (Å²) >= 11 is 1.30. The van der Waals surface area contributed by atoms with E-state index < -0.39 is 23.5 Å². The van der Waals surface area contributed by atoms with E-state index in [1.165, 1.54) is 17.7 Å². The number of aromatic nitrogens is 2. The van der Waals surface area contributed by atoms with Crippen molar-refractivity contribution in [2.24, 2.45) is 0 Å². The van der Waals surface area contributed by atoms with Crippen LogP contribution in [0.2, 0.25) is 0 Å². The van der Waals surface area contributed by atoms with Crippen molar-refractivity contribution in [2.45, 2.75) is 19.3 Å². The first-order valence-corrected chi connectivity index (χ1v) is 9.76. The summed E-state index contributed by atoms with van der Waals surface area (Å²) in [6, 6.07) is 8.89. The molecule has 10 heteroatoms. The van der Waals surface area contributed by atoms with Gasteiger partial charge in [-0.05, 0) is 30.7 Å². The standard InChI is InChI=1S/C21H13F6N3S/c1-11-2-4-12(5-3-11)16-9-31-19-17(16)18(28-10-29-19)30-15-7-13(20(22,23)24)6-14(8-15)21(25,26)27/h2-10H,1H3,(H,28,29,30). The van der Waals surface area contributed by atoms with Gasteiger partial charge in [0.2, 0.25) is 0 Å². The maximum Gasteiger partial charge on any atom is 0.416 e. The molecule has 0 fully saturated rings. The zero-order chi connectivity index (χ0) is 22.4. The van der Waals surface area contributed by atoms with Gasteiger partial charge in [-0.15, -0.1) is 11.3 Å². The molecule has 0 amide bonds. The quantitative estimate of drug-likeness (QED) is 0.328. The SMILES string of the molecule is Cc1ccc(-c2csc3ncnc(Nc4cc(C(F)(F)F)cc(C(F)(F)F)c4)c23)cc1. The average Bonchev–Trinajstić information content (AvgIpc) is 3.12. The first-order valence-electron chi connectivity index (χ1n) is 8.88. The predicted octanol–water partition coefficient (Wildman–Crippen LogP) is 7.45. The Hall–Kier alpha value is -3.14. The molecular formula is C21H13F6N3S. The Kier molecular flexibility index (Phi) is 5.12.